The molecule has 0 aromatic rings. The summed E-state index contributed by atoms with van der Waals surface area (Å²) in [7, 11) is 0. The van der Waals surface area contributed by atoms with Crippen LogP contribution in [0.15, 0.2) is 48.6 Å². The molecule has 6 heteroatoms. The molecular weight excluding hydrogens is 721 g/mol. The summed E-state index contributed by atoms with van der Waals surface area (Å²) in [5, 5.41) is 0. The molecule has 0 aliphatic carbocycles. The zero-order valence-electron chi connectivity index (χ0n) is 38.3. The van der Waals surface area contributed by atoms with E-state index in [0.29, 0.717) is 19.3 Å². The Morgan fingerprint density at radius 1 is 0.362 bits per heavy atom. The number of carbonyl (C=O) groups is 3. The lowest BCUT2D eigenvalue weighted by Crippen LogP contribution is -2.30. The minimum absolute atomic E-state index is 0.0983. The lowest BCUT2D eigenvalue weighted by Gasteiger charge is -2.18. The molecule has 0 fully saturated rings. The third kappa shape index (κ3) is 44.5. The maximum absolute atomic E-state index is 12.7. The molecule has 1 unspecified atom stereocenters. The summed E-state index contributed by atoms with van der Waals surface area (Å²) in [5.41, 5.74) is 0. The van der Waals surface area contributed by atoms with Gasteiger partial charge in [-0.3, -0.25) is 14.4 Å². The van der Waals surface area contributed by atoms with Gasteiger partial charge >= 0.3 is 17.9 Å². The van der Waals surface area contributed by atoms with Crippen LogP contribution < -0.4 is 0 Å². The van der Waals surface area contributed by atoms with Crippen molar-refractivity contribution in [3.05, 3.63) is 48.6 Å². The van der Waals surface area contributed by atoms with E-state index in [9.17, 15) is 14.4 Å². The molecule has 0 aliphatic rings. The Morgan fingerprint density at radius 2 is 0.672 bits per heavy atom. The molecular formula is C52H92O6. The van der Waals surface area contributed by atoms with Gasteiger partial charge in [-0.15, -0.1) is 0 Å². The van der Waals surface area contributed by atoms with Crippen LogP contribution in [0.2, 0.25) is 0 Å². The fourth-order valence-corrected chi connectivity index (χ4v) is 6.93. The van der Waals surface area contributed by atoms with Crippen molar-refractivity contribution < 1.29 is 28.6 Å². The van der Waals surface area contributed by atoms with Crippen molar-refractivity contribution in [2.45, 2.75) is 252 Å². The SMILES string of the molecule is CC/C=C\C/C=C\C/C=C\C/C=C\CCC(=O)OC(COC(=O)CCCCCCCCCCC)COC(=O)CCCCCCCCCCCCCCCCCCCC. The van der Waals surface area contributed by atoms with E-state index >= 15 is 0 Å². The van der Waals surface area contributed by atoms with Gasteiger partial charge in [-0.1, -0.05) is 230 Å². The number of hydrogen-bond acceptors (Lipinski definition) is 6. The number of rotatable bonds is 44. The lowest BCUT2D eigenvalue weighted by molar-refractivity contribution is -0.166. The summed E-state index contributed by atoms with van der Waals surface area (Å²) >= 11 is 0. The van der Waals surface area contributed by atoms with E-state index in [0.717, 1.165) is 64.2 Å². The maximum Gasteiger partial charge on any atom is 0.306 e. The van der Waals surface area contributed by atoms with E-state index in [2.05, 4.69) is 57.2 Å². The first kappa shape index (κ1) is 55.4. The quantitative estimate of drug-likeness (QED) is 0.0264. The number of esters is 3. The van der Waals surface area contributed by atoms with Crippen molar-refractivity contribution in [2.24, 2.45) is 0 Å². The van der Waals surface area contributed by atoms with Gasteiger partial charge in [-0.25, -0.2) is 0 Å². The van der Waals surface area contributed by atoms with E-state index in [1.165, 1.54) is 135 Å². The number of ether oxygens (including phenoxy) is 3. The Bertz CT molecular complexity index is 1030. The molecule has 0 saturated carbocycles. The molecule has 336 valence electrons. The Hall–Kier alpha value is -2.63. The molecule has 58 heavy (non-hydrogen) atoms. The molecule has 1 atom stereocenters. The van der Waals surface area contributed by atoms with Crippen molar-refractivity contribution in [1.29, 1.82) is 0 Å². The number of carbonyl (C=O) groups excluding carboxylic acids is 3. The van der Waals surface area contributed by atoms with Crippen LogP contribution in [0.3, 0.4) is 0 Å². The predicted octanol–water partition coefficient (Wildman–Crippen LogP) is 15.9. The van der Waals surface area contributed by atoms with Crippen LogP contribution in [-0.2, 0) is 28.6 Å². The second kappa shape index (κ2) is 47.1. The van der Waals surface area contributed by atoms with Crippen molar-refractivity contribution >= 4 is 17.9 Å². The summed E-state index contributed by atoms with van der Waals surface area (Å²) in [6.07, 6.45) is 55.5. The van der Waals surface area contributed by atoms with E-state index in [1.807, 2.05) is 12.2 Å². The molecule has 0 heterocycles. The molecule has 0 rings (SSSR count). The van der Waals surface area contributed by atoms with Crippen LogP contribution in [0.5, 0.6) is 0 Å². The molecule has 0 saturated heterocycles. The number of unbranched alkanes of at least 4 members (excludes halogenated alkanes) is 25. The Morgan fingerprint density at radius 3 is 1.02 bits per heavy atom. The van der Waals surface area contributed by atoms with Crippen LogP contribution in [0, 0.1) is 0 Å². The third-order valence-electron chi connectivity index (χ3n) is 10.6. The summed E-state index contributed by atoms with van der Waals surface area (Å²) < 4.78 is 16.7. The fraction of sp³-hybridized carbons (Fsp3) is 0.788. The number of hydrogen-bond donors (Lipinski definition) is 0. The van der Waals surface area contributed by atoms with Gasteiger partial charge in [0.15, 0.2) is 6.10 Å². The minimum atomic E-state index is -0.804. The highest BCUT2D eigenvalue weighted by atomic mass is 16.6. The highest BCUT2D eigenvalue weighted by Gasteiger charge is 2.19. The van der Waals surface area contributed by atoms with Crippen molar-refractivity contribution in [2.75, 3.05) is 13.2 Å². The highest BCUT2D eigenvalue weighted by molar-refractivity contribution is 5.71. The molecule has 6 nitrogen and oxygen atoms in total. The van der Waals surface area contributed by atoms with Gasteiger partial charge in [0.05, 0.1) is 0 Å². The van der Waals surface area contributed by atoms with Gasteiger partial charge in [0.1, 0.15) is 13.2 Å². The smallest absolute Gasteiger partial charge is 0.306 e. The topological polar surface area (TPSA) is 78.9 Å². The second-order valence-corrected chi connectivity index (χ2v) is 16.4. The summed E-state index contributed by atoms with van der Waals surface area (Å²) in [4.78, 5) is 37.7. The monoisotopic (exact) mass is 813 g/mol. The summed E-state index contributed by atoms with van der Waals surface area (Å²) in [6, 6.07) is 0. The standard InChI is InChI=1S/C52H92O6/c1-4-7-10-13-16-19-21-23-24-25-26-27-29-30-33-36-39-42-45-51(54)57-48-49(47-56-50(53)44-41-38-35-32-18-15-12-9-6-3)58-52(55)46-43-40-37-34-31-28-22-20-17-14-11-8-5-2/h8,11,17,20,28,31,37,40,49H,4-7,9-10,12-16,18-19,21-27,29-30,32-36,38-39,41-48H2,1-3H3/b11-8-,20-17-,31-28-,40-37-. The van der Waals surface area contributed by atoms with E-state index in [1.54, 1.807) is 0 Å². The molecule has 0 aromatic heterocycles. The molecule has 0 spiro atoms. The van der Waals surface area contributed by atoms with Gasteiger partial charge in [-0.05, 0) is 44.9 Å². The normalized spacial score (nSPS) is 12.4. The van der Waals surface area contributed by atoms with E-state index < -0.39 is 6.10 Å². The van der Waals surface area contributed by atoms with Crippen molar-refractivity contribution in [3.63, 3.8) is 0 Å². The van der Waals surface area contributed by atoms with Crippen LogP contribution in [-0.4, -0.2) is 37.2 Å². The maximum atomic E-state index is 12.7. The van der Waals surface area contributed by atoms with E-state index in [4.69, 9.17) is 14.2 Å². The van der Waals surface area contributed by atoms with Crippen molar-refractivity contribution in [1.82, 2.24) is 0 Å². The molecule has 0 N–H and O–H groups in total. The predicted molar refractivity (Wildman–Crippen MR) is 247 cm³/mol. The summed E-state index contributed by atoms with van der Waals surface area (Å²) in [6.45, 7) is 6.45. The van der Waals surface area contributed by atoms with Crippen LogP contribution >= 0.6 is 0 Å². The van der Waals surface area contributed by atoms with Gasteiger partial charge in [0.25, 0.3) is 0 Å². The van der Waals surface area contributed by atoms with Crippen LogP contribution in [0.4, 0.5) is 0 Å². The van der Waals surface area contributed by atoms with Gasteiger partial charge < -0.3 is 14.2 Å². The molecule has 0 aromatic carbocycles. The molecule has 0 radical (unpaired) electrons. The average Bonchev–Trinajstić information content (AvgIpc) is 3.22. The largest absolute Gasteiger partial charge is 0.462 e. The number of allylic oxidation sites excluding steroid dienone is 8. The lowest BCUT2D eigenvalue weighted by atomic mass is 10.0. The van der Waals surface area contributed by atoms with Crippen molar-refractivity contribution in [3.8, 4) is 0 Å². The average molecular weight is 813 g/mol. The third-order valence-corrected chi connectivity index (χ3v) is 10.6. The van der Waals surface area contributed by atoms with Gasteiger partial charge in [0.2, 0.25) is 0 Å². The highest BCUT2D eigenvalue weighted by Crippen LogP contribution is 2.16. The minimum Gasteiger partial charge on any atom is -0.462 e. The van der Waals surface area contributed by atoms with Gasteiger partial charge in [-0.2, -0.15) is 0 Å². The zero-order valence-corrected chi connectivity index (χ0v) is 38.3. The first-order valence-corrected chi connectivity index (χ1v) is 24.6. The second-order valence-electron chi connectivity index (χ2n) is 16.4. The Balaban J connectivity index is 4.35. The Kier molecular flexibility index (Phi) is 44.9. The molecule has 0 aliphatic heterocycles. The summed E-state index contributed by atoms with van der Waals surface area (Å²) in [5.74, 6) is -0.978. The Labute approximate surface area is 358 Å². The van der Waals surface area contributed by atoms with E-state index in [-0.39, 0.29) is 37.5 Å². The van der Waals surface area contributed by atoms with Gasteiger partial charge in [0, 0.05) is 19.3 Å². The zero-order chi connectivity index (χ0) is 42.3. The molecule has 0 bridgehead atoms. The van der Waals surface area contributed by atoms with Crippen LogP contribution in [0.1, 0.15) is 245 Å². The fourth-order valence-electron chi connectivity index (χ4n) is 6.93. The van der Waals surface area contributed by atoms with Crippen LogP contribution in [0.25, 0.3) is 0 Å². The first-order chi connectivity index (χ1) is 28.5. The first-order valence-electron chi connectivity index (χ1n) is 24.6. The molecule has 0 amide bonds.